The highest BCUT2D eigenvalue weighted by molar-refractivity contribution is 6.04. The molecule has 2 saturated heterocycles. The van der Waals surface area contributed by atoms with Gasteiger partial charge in [0, 0.05) is 23.4 Å². The summed E-state index contributed by atoms with van der Waals surface area (Å²) in [6.07, 6.45) is 16.2. The topological polar surface area (TPSA) is 40.6 Å². The molecule has 4 nitrogen and oxygen atoms in total. The normalized spacial score (nSPS) is 26.5. The first kappa shape index (κ1) is 25.4. The average molecular weight is 421 g/mol. The molecule has 2 rings (SSSR count). The third kappa shape index (κ3) is 6.08. The number of amides is 2. The van der Waals surface area contributed by atoms with Crippen molar-refractivity contribution in [3.05, 3.63) is 0 Å². The largest absolute Gasteiger partial charge is 0.294 e. The Morgan fingerprint density at radius 3 is 1.97 bits per heavy atom. The van der Waals surface area contributed by atoms with Gasteiger partial charge in [-0.2, -0.15) is 0 Å². The molecule has 0 aromatic carbocycles. The molecule has 0 bridgehead atoms. The zero-order valence-corrected chi connectivity index (χ0v) is 20.8. The van der Waals surface area contributed by atoms with Crippen molar-refractivity contribution in [1.29, 1.82) is 0 Å². The minimum absolute atomic E-state index is 0.00627. The highest BCUT2D eigenvalue weighted by Crippen LogP contribution is 2.41. The van der Waals surface area contributed by atoms with E-state index in [1.807, 2.05) is 0 Å². The summed E-state index contributed by atoms with van der Waals surface area (Å²) in [6, 6.07) is -0.00627. The van der Waals surface area contributed by atoms with Gasteiger partial charge in [0.1, 0.15) is 0 Å². The maximum absolute atomic E-state index is 13.1. The quantitative estimate of drug-likeness (QED) is 0.274. The second-order valence-corrected chi connectivity index (χ2v) is 11.1. The summed E-state index contributed by atoms with van der Waals surface area (Å²) in [6.45, 7) is 11.2. The SMILES string of the molecule is CCCCCCCCCCCCC1CC(=O)N(C2CCC(C)(C)N(C)C2(C)C)C1=O. The smallest absolute Gasteiger partial charge is 0.233 e. The second-order valence-electron chi connectivity index (χ2n) is 11.1. The van der Waals surface area contributed by atoms with E-state index in [2.05, 4.69) is 46.6 Å². The highest BCUT2D eigenvalue weighted by Gasteiger charge is 2.52. The lowest BCUT2D eigenvalue weighted by Gasteiger charge is -2.56. The van der Waals surface area contributed by atoms with Crippen molar-refractivity contribution in [3.8, 4) is 0 Å². The van der Waals surface area contributed by atoms with Crippen LogP contribution in [0.5, 0.6) is 0 Å². The van der Waals surface area contributed by atoms with E-state index < -0.39 is 0 Å². The fraction of sp³-hybridized carbons (Fsp3) is 0.923. The van der Waals surface area contributed by atoms with Gasteiger partial charge in [0.2, 0.25) is 11.8 Å². The zero-order chi connectivity index (χ0) is 22.4. The summed E-state index contributed by atoms with van der Waals surface area (Å²) >= 11 is 0. The fourth-order valence-corrected chi connectivity index (χ4v) is 5.61. The second kappa shape index (κ2) is 11.1. The third-order valence-corrected chi connectivity index (χ3v) is 8.11. The number of hydrogen-bond donors (Lipinski definition) is 0. The van der Waals surface area contributed by atoms with E-state index in [4.69, 9.17) is 0 Å². The van der Waals surface area contributed by atoms with Gasteiger partial charge < -0.3 is 0 Å². The van der Waals surface area contributed by atoms with Crippen molar-refractivity contribution in [2.24, 2.45) is 5.92 Å². The lowest BCUT2D eigenvalue weighted by Crippen LogP contribution is -2.67. The molecule has 4 heteroatoms. The molecule has 0 saturated carbocycles. The summed E-state index contributed by atoms with van der Waals surface area (Å²) in [4.78, 5) is 30.0. The van der Waals surface area contributed by atoms with E-state index in [9.17, 15) is 9.59 Å². The first-order valence-corrected chi connectivity index (χ1v) is 12.7. The number of carbonyl (C=O) groups excluding carboxylic acids is 2. The van der Waals surface area contributed by atoms with Gasteiger partial charge in [0.25, 0.3) is 0 Å². The standard InChI is InChI=1S/C26H48N2O2/c1-7-8-9-10-11-12-13-14-15-16-17-21-20-23(29)28(24(21)30)22-18-19-25(2,3)27(6)26(22,4)5/h21-22H,7-20H2,1-6H3. The number of unbranched alkanes of at least 4 members (excludes halogenated alkanes) is 9. The lowest BCUT2D eigenvalue weighted by molar-refractivity contribution is -0.151. The van der Waals surface area contributed by atoms with E-state index in [1.165, 1.54) is 57.8 Å². The van der Waals surface area contributed by atoms with Gasteiger partial charge in [0.05, 0.1) is 6.04 Å². The molecule has 0 spiro atoms. The van der Waals surface area contributed by atoms with E-state index in [-0.39, 0.29) is 34.9 Å². The molecule has 2 amide bonds. The minimum atomic E-state index is -0.195. The third-order valence-electron chi connectivity index (χ3n) is 8.11. The van der Waals surface area contributed by atoms with E-state index in [0.29, 0.717) is 6.42 Å². The van der Waals surface area contributed by atoms with Crippen molar-refractivity contribution >= 4 is 11.8 Å². The number of carbonyl (C=O) groups is 2. The Hall–Kier alpha value is -0.900. The van der Waals surface area contributed by atoms with Crippen LogP contribution in [0.4, 0.5) is 0 Å². The molecular weight excluding hydrogens is 372 g/mol. The van der Waals surface area contributed by atoms with Crippen LogP contribution in [-0.2, 0) is 9.59 Å². The minimum Gasteiger partial charge on any atom is -0.294 e. The van der Waals surface area contributed by atoms with Crippen LogP contribution >= 0.6 is 0 Å². The van der Waals surface area contributed by atoms with Crippen LogP contribution in [0, 0.1) is 5.92 Å². The van der Waals surface area contributed by atoms with Crippen LogP contribution in [0.15, 0.2) is 0 Å². The molecule has 0 aromatic rings. The van der Waals surface area contributed by atoms with E-state index in [0.717, 1.165) is 25.7 Å². The van der Waals surface area contributed by atoms with Crippen molar-refractivity contribution in [3.63, 3.8) is 0 Å². The Morgan fingerprint density at radius 1 is 0.867 bits per heavy atom. The summed E-state index contributed by atoms with van der Waals surface area (Å²) < 4.78 is 0. The Morgan fingerprint density at radius 2 is 1.40 bits per heavy atom. The Labute approximate surface area is 186 Å². The molecule has 2 fully saturated rings. The van der Waals surface area contributed by atoms with Gasteiger partial charge in [-0.25, -0.2) is 0 Å². The van der Waals surface area contributed by atoms with E-state index in [1.54, 1.807) is 4.90 Å². The molecule has 0 radical (unpaired) electrons. The first-order valence-electron chi connectivity index (χ1n) is 12.7. The molecule has 0 aliphatic carbocycles. The Kier molecular flexibility index (Phi) is 9.39. The maximum atomic E-state index is 13.1. The average Bonchev–Trinajstić information content (AvgIpc) is 2.95. The maximum Gasteiger partial charge on any atom is 0.233 e. The molecule has 30 heavy (non-hydrogen) atoms. The van der Waals surface area contributed by atoms with Crippen LogP contribution in [0.3, 0.4) is 0 Å². The van der Waals surface area contributed by atoms with Gasteiger partial charge in [-0.15, -0.1) is 0 Å². The summed E-state index contributed by atoms with van der Waals surface area (Å²) in [5.74, 6) is 0.0768. The van der Waals surface area contributed by atoms with Crippen LogP contribution in [0.1, 0.15) is 125 Å². The van der Waals surface area contributed by atoms with Crippen molar-refractivity contribution in [2.75, 3.05) is 7.05 Å². The predicted octanol–water partition coefficient (Wildman–Crippen LogP) is 6.32. The van der Waals surface area contributed by atoms with Gasteiger partial charge in [-0.3, -0.25) is 19.4 Å². The summed E-state index contributed by atoms with van der Waals surface area (Å²) in [7, 11) is 2.14. The fourth-order valence-electron chi connectivity index (χ4n) is 5.61. The van der Waals surface area contributed by atoms with Crippen molar-refractivity contribution < 1.29 is 9.59 Å². The van der Waals surface area contributed by atoms with Crippen molar-refractivity contribution in [2.45, 2.75) is 142 Å². The van der Waals surface area contributed by atoms with Crippen LogP contribution in [0.2, 0.25) is 0 Å². The molecule has 2 heterocycles. The number of nitrogens with zero attached hydrogens (tertiary/aromatic N) is 2. The first-order chi connectivity index (χ1) is 14.1. The Balaban J connectivity index is 1.75. The number of likely N-dealkylation sites (tertiary alicyclic amines) is 2. The number of piperidine rings is 1. The number of rotatable bonds is 12. The lowest BCUT2D eigenvalue weighted by atomic mass is 9.76. The Bertz CT molecular complexity index is 569. The molecular formula is C26H48N2O2. The molecule has 2 atom stereocenters. The van der Waals surface area contributed by atoms with Crippen LogP contribution in [-0.4, -0.2) is 45.8 Å². The molecule has 2 aliphatic rings. The van der Waals surface area contributed by atoms with Crippen molar-refractivity contribution in [1.82, 2.24) is 9.80 Å². The predicted molar refractivity (Wildman–Crippen MR) is 125 cm³/mol. The number of likely N-dealkylation sites (N-methyl/N-ethyl adjacent to an activating group) is 1. The van der Waals surface area contributed by atoms with Gasteiger partial charge in [-0.1, -0.05) is 71.1 Å². The van der Waals surface area contributed by atoms with Crippen LogP contribution in [0.25, 0.3) is 0 Å². The summed E-state index contributed by atoms with van der Waals surface area (Å²) in [5.41, 5.74) is -0.0969. The van der Waals surface area contributed by atoms with Gasteiger partial charge in [-0.05, 0) is 54.0 Å². The highest BCUT2D eigenvalue weighted by atomic mass is 16.2. The molecule has 2 unspecified atom stereocenters. The molecule has 2 aliphatic heterocycles. The monoisotopic (exact) mass is 420 g/mol. The van der Waals surface area contributed by atoms with Crippen LogP contribution < -0.4 is 0 Å². The molecule has 174 valence electrons. The number of imide groups is 1. The zero-order valence-electron chi connectivity index (χ0n) is 20.8. The van der Waals surface area contributed by atoms with Gasteiger partial charge >= 0.3 is 0 Å². The molecule has 0 N–H and O–H groups in total. The summed E-state index contributed by atoms with van der Waals surface area (Å²) in [5, 5.41) is 0. The number of hydrogen-bond acceptors (Lipinski definition) is 3. The van der Waals surface area contributed by atoms with E-state index >= 15 is 0 Å². The molecule has 0 aromatic heterocycles. The van der Waals surface area contributed by atoms with Gasteiger partial charge in [0.15, 0.2) is 0 Å².